The van der Waals surface area contributed by atoms with Crippen LogP contribution in [-0.4, -0.2) is 35.8 Å². The summed E-state index contributed by atoms with van der Waals surface area (Å²) in [5.74, 6) is 0.722. The third-order valence-corrected chi connectivity index (χ3v) is 4.42. The molecule has 0 aliphatic rings. The lowest BCUT2D eigenvalue weighted by Crippen LogP contribution is -2.36. The lowest BCUT2D eigenvalue weighted by molar-refractivity contribution is 0.0655. The molecule has 3 nitrogen and oxygen atoms in total. The van der Waals surface area contributed by atoms with E-state index in [2.05, 4.69) is 43.9 Å². The van der Waals surface area contributed by atoms with E-state index in [0.29, 0.717) is 11.6 Å². The number of aliphatic hydroxyl groups excluding tert-OH is 1. The van der Waals surface area contributed by atoms with Crippen molar-refractivity contribution in [1.82, 2.24) is 4.90 Å². The second-order valence-corrected chi connectivity index (χ2v) is 7.02. The number of hydrogen-bond acceptors (Lipinski definition) is 3. The molecule has 0 aromatic heterocycles. The molecule has 1 N–H and O–H groups in total. The van der Waals surface area contributed by atoms with E-state index in [-0.39, 0.29) is 6.61 Å². The molecule has 0 unspecified atom stereocenters. The number of hydrogen-bond donors (Lipinski definition) is 1. The number of benzene rings is 2. The van der Waals surface area contributed by atoms with Crippen LogP contribution in [0.5, 0.6) is 5.75 Å². The second kappa shape index (κ2) is 9.81. The van der Waals surface area contributed by atoms with Crippen LogP contribution in [0, 0.1) is 13.8 Å². The molecular weight excluding hydrogens is 334 g/mol. The highest BCUT2D eigenvalue weighted by molar-refractivity contribution is 6.30. The van der Waals surface area contributed by atoms with Crippen molar-refractivity contribution in [2.45, 2.75) is 39.8 Å². The first kappa shape index (κ1) is 19.8. The predicted octanol–water partition coefficient (Wildman–Crippen LogP) is 4.61. The van der Waals surface area contributed by atoms with E-state index in [1.807, 2.05) is 12.1 Å². The average molecular weight is 362 g/mol. The molecule has 0 aliphatic heterocycles. The molecule has 25 heavy (non-hydrogen) atoms. The van der Waals surface area contributed by atoms with E-state index < -0.39 is 6.10 Å². The maximum Gasteiger partial charge on any atom is 0.119 e. The van der Waals surface area contributed by atoms with Crippen LogP contribution in [0.15, 0.2) is 42.5 Å². The molecule has 4 heteroatoms. The first-order valence-electron chi connectivity index (χ1n) is 8.83. The molecule has 0 saturated heterocycles. The molecule has 0 aliphatic carbocycles. The number of aryl methyl sites for hydroxylation is 2. The molecule has 0 amide bonds. The number of halogens is 1. The van der Waals surface area contributed by atoms with Gasteiger partial charge in [0, 0.05) is 18.1 Å². The van der Waals surface area contributed by atoms with Crippen LogP contribution in [0.3, 0.4) is 0 Å². The van der Waals surface area contributed by atoms with Crippen LogP contribution in [0.2, 0.25) is 5.02 Å². The first-order chi connectivity index (χ1) is 12.0. The molecule has 2 aromatic rings. The quantitative estimate of drug-likeness (QED) is 0.708. The highest BCUT2D eigenvalue weighted by Crippen LogP contribution is 2.17. The summed E-state index contributed by atoms with van der Waals surface area (Å²) in [6.07, 6.45) is 0.516. The summed E-state index contributed by atoms with van der Waals surface area (Å²) < 4.78 is 5.66. The molecule has 1 atom stereocenters. The molecule has 2 rings (SSSR count). The van der Waals surface area contributed by atoms with E-state index in [1.54, 1.807) is 12.1 Å². The van der Waals surface area contributed by atoms with Gasteiger partial charge in [-0.3, -0.25) is 4.90 Å². The van der Waals surface area contributed by atoms with Gasteiger partial charge in [0.05, 0.1) is 0 Å². The molecule has 0 spiro atoms. The molecular formula is C21H28ClNO2. The van der Waals surface area contributed by atoms with Crippen LogP contribution < -0.4 is 4.74 Å². The number of nitrogens with zero attached hydrogens (tertiary/aromatic N) is 1. The normalized spacial score (nSPS) is 12.4. The Morgan fingerprint density at radius 3 is 2.52 bits per heavy atom. The van der Waals surface area contributed by atoms with Gasteiger partial charge in [0.15, 0.2) is 0 Å². The second-order valence-electron chi connectivity index (χ2n) is 6.58. The van der Waals surface area contributed by atoms with Crippen LogP contribution >= 0.6 is 11.6 Å². The van der Waals surface area contributed by atoms with Gasteiger partial charge in [-0.05, 0) is 62.2 Å². The summed E-state index contributed by atoms with van der Waals surface area (Å²) in [5.41, 5.74) is 3.88. The van der Waals surface area contributed by atoms with Gasteiger partial charge >= 0.3 is 0 Å². The van der Waals surface area contributed by atoms with Crippen molar-refractivity contribution in [2.24, 2.45) is 0 Å². The maximum absolute atomic E-state index is 10.4. The molecule has 2 aromatic carbocycles. The van der Waals surface area contributed by atoms with Gasteiger partial charge < -0.3 is 9.84 Å². The topological polar surface area (TPSA) is 32.7 Å². The highest BCUT2D eigenvalue weighted by atomic mass is 35.5. The third-order valence-electron chi connectivity index (χ3n) is 4.16. The Morgan fingerprint density at radius 1 is 1.12 bits per heavy atom. The minimum Gasteiger partial charge on any atom is -0.491 e. The fraction of sp³-hybridized carbons (Fsp3) is 0.429. The Labute approximate surface area is 156 Å². The Bertz CT molecular complexity index is 657. The smallest absolute Gasteiger partial charge is 0.119 e. The predicted molar refractivity (Wildman–Crippen MR) is 104 cm³/mol. The van der Waals surface area contributed by atoms with Gasteiger partial charge in [-0.1, -0.05) is 42.3 Å². The van der Waals surface area contributed by atoms with Crippen molar-refractivity contribution in [3.63, 3.8) is 0 Å². The lowest BCUT2D eigenvalue weighted by atomic mass is 10.0. The summed E-state index contributed by atoms with van der Waals surface area (Å²) >= 11 is 5.87. The van der Waals surface area contributed by atoms with Gasteiger partial charge in [0.1, 0.15) is 18.5 Å². The fourth-order valence-electron chi connectivity index (χ4n) is 2.84. The summed E-state index contributed by atoms with van der Waals surface area (Å²) in [5, 5.41) is 11.0. The standard InChI is InChI=1S/C21H28ClNO2/c1-4-11-23(13-18-12-16(2)5-6-17(18)3)14-20(24)15-25-21-9-7-19(22)8-10-21/h5-10,12,20,24H,4,11,13-15H2,1-3H3/t20-/m1/s1. The van der Waals surface area contributed by atoms with E-state index in [0.717, 1.165) is 25.3 Å². The summed E-state index contributed by atoms with van der Waals surface area (Å²) in [4.78, 5) is 2.29. The van der Waals surface area contributed by atoms with Gasteiger partial charge in [-0.15, -0.1) is 0 Å². The Balaban J connectivity index is 1.90. The summed E-state index contributed by atoms with van der Waals surface area (Å²) in [7, 11) is 0. The number of rotatable bonds is 9. The van der Waals surface area contributed by atoms with Crippen LogP contribution in [0.4, 0.5) is 0 Å². The largest absolute Gasteiger partial charge is 0.491 e. The van der Waals surface area contributed by atoms with Gasteiger partial charge in [0.25, 0.3) is 0 Å². The molecule has 0 heterocycles. The summed E-state index contributed by atoms with van der Waals surface area (Å²) in [6, 6.07) is 13.7. The van der Waals surface area contributed by atoms with Crippen molar-refractivity contribution < 1.29 is 9.84 Å². The minimum absolute atomic E-state index is 0.272. The first-order valence-corrected chi connectivity index (χ1v) is 9.20. The monoisotopic (exact) mass is 361 g/mol. The third kappa shape index (κ3) is 6.69. The van der Waals surface area contributed by atoms with E-state index in [4.69, 9.17) is 16.3 Å². The van der Waals surface area contributed by atoms with E-state index in [1.165, 1.54) is 16.7 Å². The summed E-state index contributed by atoms with van der Waals surface area (Å²) in [6.45, 7) is 9.07. The number of ether oxygens (including phenoxy) is 1. The average Bonchev–Trinajstić information content (AvgIpc) is 2.58. The molecule has 0 bridgehead atoms. The Hall–Kier alpha value is -1.55. The van der Waals surface area contributed by atoms with Gasteiger partial charge in [-0.2, -0.15) is 0 Å². The zero-order valence-electron chi connectivity index (χ0n) is 15.3. The minimum atomic E-state index is -0.535. The maximum atomic E-state index is 10.4. The van der Waals surface area contributed by atoms with Crippen LogP contribution in [0.1, 0.15) is 30.0 Å². The zero-order chi connectivity index (χ0) is 18.2. The molecule has 136 valence electrons. The van der Waals surface area contributed by atoms with Crippen molar-refractivity contribution in [1.29, 1.82) is 0 Å². The number of aliphatic hydroxyl groups is 1. The van der Waals surface area contributed by atoms with Crippen molar-refractivity contribution in [2.75, 3.05) is 19.7 Å². The van der Waals surface area contributed by atoms with Gasteiger partial charge in [-0.25, -0.2) is 0 Å². The lowest BCUT2D eigenvalue weighted by Gasteiger charge is -2.25. The van der Waals surface area contributed by atoms with Crippen molar-refractivity contribution in [3.05, 3.63) is 64.2 Å². The fourth-order valence-corrected chi connectivity index (χ4v) is 2.96. The van der Waals surface area contributed by atoms with Gasteiger partial charge in [0.2, 0.25) is 0 Å². The Kier molecular flexibility index (Phi) is 7.76. The molecule has 0 fully saturated rings. The van der Waals surface area contributed by atoms with Crippen LogP contribution in [0.25, 0.3) is 0 Å². The molecule has 0 radical (unpaired) electrons. The van der Waals surface area contributed by atoms with Crippen molar-refractivity contribution >= 4 is 11.6 Å². The molecule has 0 saturated carbocycles. The highest BCUT2D eigenvalue weighted by Gasteiger charge is 2.14. The SMILES string of the molecule is CCCN(Cc1cc(C)ccc1C)C[C@@H](O)COc1ccc(Cl)cc1. The van der Waals surface area contributed by atoms with E-state index in [9.17, 15) is 5.11 Å². The van der Waals surface area contributed by atoms with Crippen molar-refractivity contribution in [3.8, 4) is 5.75 Å². The van der Waals surface area contributed by atoms with Crippen LogP contribution in [-0.2, 0) is 6.54 Å². The zero-order valence-corrected chi connectivity index (χ0v) is 16.1. The van der Waals surface area contributed by atoms with E-state index >= 15 is 0 Å². The Morgan fingerprint density at radius 2 is 1.84 bits per heavy atom.